The molecule has 3 aromatic rings. The standard InChI is InChI=1S/C17H16Cl2N4/c1-10(2)16-17(23-9-13(19)6-7-15(23)20-16)22-21-14-8-12(18)5-4-11(14)3/h4-10H,1-3H3. The predicted octanol–water partition coefficient (Wildman–Crippen LogP) is 6.49. The van der Waals surface area contributed by atoms with Gasteiger partial charge < -0.3 is 0 Å². The zero-order chi connectivity index (χ0) is 16.6. The van der Waals surface area contributed by atoms with Crippen molar-refractivity contribution in [1.82, 2.24) is 9.38 Å². The van der Waals surface area contributed by atoms with E-state index < -0.39 is 0 Å². The van der Waals surface area contributed by atoms with Gasteiger partial charge in [0.05, 0.1) is 16.4 Å². The van der Waals surface area contributed by atoms with Gasteiger partial charge in [-0.2, -0.15) is 0 Å². The van der Waals surface area contributed by atoms with Gasteiger partial charge in [0.2, 0.25) is 0 Å². The summed E-state index contributed by atoms with van der Waals surface area (Å²) in [5.74, 6) is 0.917. The molecule has 23 heavy (non-hydrogen) atoms. The zero-order valence-electron chi connectivity index (χ0n) is 13.1. The minimum Gasteiger partial charge on any atom is -0.281 e. The van der Waals surface area contributed by atoms with Crippen molar-refractivity contribution in [2.75, 3.05) is 0 Å². The summed E-state index contributed by atoms with van der Waals surface area (Å²) in [6.07, 6.45) is 1.80. The van der Waals surface area contributed by atoms with Crippen LogP contribution in [0.5, 0.6) is 0 Å². The molecule has 0 aliphatic carbocycles. The Morgan fingerprint density at radius 2 is 1.78 bits per heavy atom. The Labute approximate surface area is 144 Å². The van der Waals surface area contributed by atoms with E-state index in [4.69, 9.17) is 23.2 Å². The second-order valence-corrected chi connectivity index (χ2v) is 6.55. The topological polar surface area (TPSA) is 42.0 Å². The molecule has 0 N–H and O–H groups in total. The van der Waals surface area contributed by atoms with E-state index in [2.05, 4.69) is 29.1 Å². The lowest BCUT2D eigenvalue weighted by Crippen LogP contribution is -1.87. The van der Waals surface area contributed by atoms with Crippen LogP contribution in [0, 0.1) is 6.92 Å². The summed E-state index contributed by atoms with van der Waals surface area (Å²) in [5, 5.41) is 10.1. The molecule has 0 amide bonds. The molecule has 0 unspecified atom stereocenters. The molecule has 0 saturated carbocycles. The molecule has 2 heterocycles. The number of halogens is 2. The number of azo groups is 1. The Balaban J connectivity index is 2.14. The summed E-state index contributed by atoms with van der Waals surface area (Å²) in [4.78, 5) is 4.63. The van der Waals surface area contributed by atoms with Crippen LogP contribution in [0.2, 0.25) is 10.0 Å². The van der Waals surface area contributed by atoms with Gasteiger partial charge in [-0.15, -0.1) is 10.2 Å². The van der Waals surface area contributed by atoms with Crippen molar-refractivity contribution in [3.05, 3.63) is 57.8 Å². The van der Waals surface area contributed by atoms with E-state index in [0.717, 1.165) is 22.6 Å². The lowest BCUT2D eigenvalue weighted by molar-refractivity contribution is 0.831. The van der Waals surface area contributed by atoms with Crippen LogP contribution >= 0.6 is 23.2 Å². The number of aromatic nitrogens is 2. The number of nitrogens with zero attached hydrogens (tertiary/aromatic N) is 4. The van der Waals surface area contributed by atoms with E-state index in [9.17, 15) is 0 Å². The van der Waals surface area contributed by atoms with Crippen molar-refractivity contribution in [1.29, 1.82) is 0 Å². The smallest absolute Gasteiger partial charge is 0.183 e. The van der Waals surface area contributed by atoms with Crippen LogP contribution in [0.4, 0.5) is 11.5 Å². The average Bonchev–Trinajstić information content (AvgIpc) is 2.86. The maximum Gasteiger partial charge on any atom is 0.183 e. The molecule has 2 aromatic heterocycles. The van der Waals surface area contributed by atoms with Crippen molar-refractivity contribution >= 4 is 40.4 Å². The Morgan fingerprint density at radius 1 is 1.04 bits per heavy atom. The van der Waals surface area contributed by atoms with Crippen LogP contribution in [-0.2, 0) is 0 Å². The van der Waals surface area contributed by atoms with E-state index in [-0.39, 0.29) is 5.92 Å². The van der Waals surface area contributed by atoms with Gasteiger partial charge in [0.25, 0.3) is 0 Å². The number of pyridine rings is 1. The van der Waals surface area contributed by atoms with Crippen molar-refractivity contribution < 1.29 is 0 Å². The first-order chi connectivity index (χ1) is 11.0. The summed E-state index contributed by atoms with van der Waals surface area (Å²) in [6.45, 7) is 6.12. The number of benzene rings is 1. The van der Waals surface area contributed by atoms with Gasteiger partial charge in [0.1, 0.15) is 5.65 Å². The van der Waals surface area contributed by atoms with Crippen LogP contribution in [0.3, 0.4) is 0 Å². The lowest BCUT2D eigenvalue weighted by atomic mass is 10.1. The monoisotopic (exact) mass is 346 g/mol. The third-order valence-corrected chi connectivity index (χ3v) is 4.01. The minimum atomic E-state index is 0.225. The van der Waals surface area contributed by atoms with Crippen molar-refractivity contribution in [2.45, 2.75) is 26.7 Å². The SMILES string of the molecule is Cc1ccc(Cl)cc1N=Nc1c(C(C)C)nc2ccc(Cl)cn12. The fourth-order valence-corrected chi connectivity index (χ4v) is 2.63. The maximum absolute atomic E-state index is 6.10. The van der Waals surface area contributed by atoms with Gasteiger partial charge in [0, 0.05) is 11.2 Å². The highest BCUT2D eigenvalue weighted by Crippen LogP contribution is 2.31. The summed E-state index contributed by atoms with van der Waals surface area (Å²) >= 11 is 12.1. The van der Waals surface area contributed by atoms with Crippen molar-refractivity contribution in [2.24, 2.45) is 10.2 Å². The van der Waals surface area contributed by atoms with Crippen molar-refractivity contribution in [3.63, 3.8) is 0 Å². The molecule has 6 heteroatoms. The Kier molecular flexibility index (Phi) is 4.37. The number of fused-ring (bicyclic) bond motifs is 1. The summed E-state index contributed by atoms with van der Waals surface area (Å²) < 4.78 is 1.86. The molecule has 0 saturated heterocycles. The van der Waals surface area contributed by atoms with Crippen LogP contribution in [0.1, 0.15) is 31.0 Å². The second kappa shape index (κ2) is 6.30. The molecular formula is C17H16Cl2N4. The molecule has 118 valence electrons. The van der Waals surface area contributed by atoms with E-state index in [0.29, 0.717) is 15.9 Å². The van der Waals surface area contributed by atoms with Gasteiger partial charge in [-0.1, -0.05) is 43.1 Å². The van der Waals surface area contributed by atoms with Gasteiger partial charge in [-0.25, -0.2) is 4.98 Å². The predicted molar refractivity (Wildman–Crippen MR) is 94.7 cm³/mol. The molecule has 0 radical (unpaired) electrons. The molecular weight excluding hydrogens is 331 g/mol. The lowest BCUT2D eigenvalue weighted by Gasteiger charge is -2.03. The van der Waals surface area contributed by atoms with Gasteiger partial charge in [-0.05, 0) is 42.7 Å². The highest BCUT2D eigenvalue weighted by molar-refractivity contribution is 6.31. The Morgan fingerprint density at radius 3 is 2.52 bits per heavy atom. The van der Waals surface area contributed by atoms with Crippen molar-refractivity contribution in [3.8, 4) is 0 Å². The van der Waals surface area contributed by atoms with Gasteiger partial charge in [-0.3, -0.25) is 4.40 Å². The molecule has 0 spiro atoms. The third kappa shape index (κ3) is 3.23. The molecule has 0 aliphatic heterocycles. The largest absolute Gasteiger partial charge is 0.281 e. The summed E-state index contributed by atoms with van der Waals surface area (Å²) in [6, 6.07) is 9.24. The third-order valence-electron chi connectivity index (χ3n) is 3.55. The molecule has 0 aliphatic rings. The first-order valence-electron chi connectivity index (χ1n) is 7.31. The van der Waals surface area contributed by atoms with Crippen LogP contribution in [0.25, 0.3) is 5.65 Å². The van der Waals surface area contributed by atoms with E-state index in [1.165, 1.54) is 0 Å². The number of hydrogen-bond donors (Lipinski definition) is 0. The molecule has 1 aromatic carbocycles. The quantitative estimate of drug-likeness (QED) is 0.499. The van der Waals surface area contributed by atoms with E-state index >= 15 is 0 Å². The number of aryl methyl sites for hydroxylation is 1. The molecule has 4 nitrogen and oxygen atoms in total. The van der Waals surface area contributed by atoms with Crippen LogP contribution in [0.15, 0.2) is 46.8 Å². The fraction of sp³-hybridized carbons (Fsp3) is 0.235. The number of imidazole rings is 1. The van der Waals surface area contributed by atoms with Gasteiger partial charge in [0.15, 0.2) is 5.82 Å². The van der Waals surface area contributed by atoms with E-state index in [1.807, 2.05) is 35.6 Å². The molecule has 0 atom stereocenters. The molecule has 3 rings (SSSR count). The number of hydrogen-bond acceptors (Lipinski definition) is 3. The van der Waals surface area contributed by atoms with E-state index in [1.54, 1.807) is 12.3 Å². The first kappa shape index (κ1) is 16.0. The van der Waals surface area contributed by atoms with Crippen LogP contribution in [-0.4, -0.2) is 9.38 Å². The summed E-state index contributed by atoms with van der Waals surface area (Å²) in [7, 11) is 0. The highest BCUT2D eigenvalue weighted by atomic mass is 35.5. The Bertz CT molecular complexity index is 897. The van der Waals surface area contributed by atoms with Crippen LogP contribution < -0.4 is 0 Å². The average molecular weight is 347 g/mol. The second-order valence-electron chi connectivity index (χ2n) is 5.68. The minimum absolute atomic E-state index is 0.225. The summed E-state index contributed by atoms with van der Waals surface area (Å²) in [5.41, 5.74) is 3.44. The first-order valence-corrected chi connectivity index (χ1v) is 8.06. The Hall–Kier alpha value is -1.91. The zero-order valence-corrected chi connectivity index (χ0v) is 14.6. The highest BCUT2D eigenvalue weighted by Gasteiger charge is 2.15. The normalized spacial score (nSPS) is 11.9. The fourth-order valence-electron chi connectivity index (χ4n) is 2.30. The molecule has 0 bridgehead atoms. The maximum atomic E-state index is 6.10. The van der Waals surface area contributed by atoms with Gasteiger partial charge >= 0.3 is 0 Å². The number of rotatable bonds is 3. The molecule has 0 fully saturated rings.